The van der Waals surface area contributed by atoms with Gasteiger partial charge in [-0.25, -0.2) is 0 Å². The Hall–Kier alpha value is -1.84. The van der Waals surface area contributed by atoms with Crippen LogP contribution in [0.1, 0.15) is 31.9 Å². The summed E-state index contributed by atoms with van der Waals surface area (Å²) in [4.78, 5) is 22.3. The Morgan fingerprint density at radius 2 is 1.74 bits per heavy atom. The normalized spacial score (nSPS) is 10.9. The SMILES string of the molecule is COC(=O)C(C)(C)c1ccc(CCOC(C)=O)cc1. The van der Waals surface area contributed by atoms with Crippen LogP contribution >= 0.6 is 0 Å². The van der Waals surface area contributed by atoms with Crippen molar-refractivity contribution in [3.05, 3.63) is 35.4 Å². The van der Waals surface area contributed by atoms with Crippen LogP contribution in [-0.4, -0.2) is 25.7 Å². The maximum atomic E-state index is 11.7. The van der Waals surface area contributed by atoms with Crippen LogP contribution in [0.4, 0.5) is 0 Å². The lowest BCUT2D eigenvalue weighted by atomic mass is 9.84. The Kier molecular flexibility index (Phi) is 5.10. The lowest BCUT2D eigenvalue weighted by Gasteiger charge is -2.22. The van der Waals surface area contributed by atoms with E-state index in [9.17, 15) is 9.59 Å². The lowest BCUT2D eigenvalue weighted by molar-refractivity contribution is -0.146. The second kappa shape index (κ2) is 6.36. The van der Waals surface area contributed by atoms with Gasteiger partial charge < -0.3 is 9.47 Å². The van der Waals surface area contributed by atoms with Crippen LogP contribution in [0.25, 0.3) is 0 Å². The third kappa shape index (κ3) is 4.09. The Labute approximate surface area is 113 Å². The molecule has 0 N–H and O–H groups in total. The summed E-state index contributed by atoms with van der Waals surface area (Å²) in [5.74, 6) is -0.538. The van der Waals surface area contributed by atoms with Crippen molar-refractivity contribution < 1.29 is 19.1 Å². The van der Waals surface area contributed by atoms with E-state index in [1.54, 1.807) is 0 Å². The fraction of sp³-hybridized carbons (Fsp3) is 0.467. The molecule has 1 rings (SSSR count). The molecule has 4 nitrogen and oxygen atoms in total. The second-order valence-electron chi connectivity index (χ2n) is 4.90. The van der Waals surface area contributed by atoms with Crippen LogP contribution in [0.2, 0.25) is 0 Å². The largest absolute Gasteiger partial charge is 0.468 e. The van der Waals surface area contributed by atoms with Gasteiger partial charge in [0.25, 0.3) is 0 Å². The molecule has 0 atom stereocenters. The molecule has 0 heterocycles. The molecule has 0 radical (unpaired) electrons. The van der Waals surface area contributed by atoms with Crippen LogP contribution in [0.3, 0.4) is 0 Å². The molecule has 104 valence electrons. The molecule has 1 aromatic rings. The Balaban J connectivity index is 2.71. The van der Waals surface area contributed by atoms with E-state index in [1.165, 1.54) is 14.0 Å². The summed E-state index contributed by atoms with van der Waals surface area (Å²) < 4.78 is 9.68. The van der Waals surface area contributed by atoms with Gasteiger partial charge in [0, 0.05) is 13.3 Å². The fourth-order valence-electron chi connectivity index (χ4n) is 1.77. The Morgan fingerprint density at radius 3 is 2.21 bits per heavy atom. The minimum Gasteiger partial charge on any atom is -0.468 e. The molecule has 0 aliphatic heterocycles. The number of benzene rings is 1. The van der Waals surface area contributed by atoms with Gasteiger partial charge in [0.15, 0.2) is 0 Å². The first-order chi connectivity index (χ1) is 8.87. The summed E-state index contributed by atoms with van der Waals surface area (Å²) in [6.45, 7) is 5.41. The number of methoxy groups -OCH3 is 1. The molecule has 0 fully saturated rings. The van der Waals surface area contributed by atoms with Gasteiger partial charge in [-0.3, -0.25) is 9.59 Å². The van der Waals surface area contributed by atoms with Gasteiger partial charge in [0.2, 0.25) is 0 Å². The highest BCUT2D eigenvalue weighted by atomic mass is 16.5. The molecule has 0 saturated carbocycles. The third-order valence-corrected chi connectivity index (χ3v) is 3.07. The molecular weight excluding hydrogens is 244 g/mol. The molecule has 0 spiro atoms. The smallest absolute Gasteiger partial charge is 0.315 e. The van der Waals surface area contributed by atoms with Crippen LogP contribution in [0, 0.1) is 0 Å². The maximum absolute atomic E-state index is 11.7. The zero-order valence-electron chi connectivity index (χ0n) is 11.9. The minimum absolute atomic E-state index is 0.264. The molecular formula is C15H20O4. The van der Waals surface area contributed by atoms with Crippen LogP contribution in [0.15, 0.2) is 24.3 Å². The minimum atomic E-state index is -0.664. The molecule has 1 aromatic carbocycles. The van der Waals surface area contributed by atoms with Crippen molar-refractivity contribution in [1.29, 1.82) is 0 Å². The summed E-state index contributed by atoms with van der Waals surface area (Å²) in [5.41, 5.74) is 1.30. The van der Waals surface area contributed by atoms with Crippen molar-refractivity contribution >= 4 is 11.9 Å². The van der Waals surface area contributed by atoms with Gasteiger partial charge in [-0.05, 0) is 25.0 Å². The van der Waals surface area contributed by atoms with E-state index in [0.29, 0.717) is 13.0 Å². The number of hydrogen-bond donors (Lipinski definition) is 0. The summed E-state index contributed by atoms with van der Waals surface area (Å²) in [6, 6.07) is 7.67. The Morgan fingerprint density at radius 1 is 1.16 bits per heavy atom. The summed E-state index contributed by atoms with van der Waals surface area (Å²) in [7, 11) is 1.39. The van der Waals surface area contributed by atoms with E-state index >= 15 is 0 Å². The van der Waals surface area contributed by atoms with E-state index in [2.05, 4.69) is 0 Å². The van der Waals surface area contributed by atoms with Crippen LogP contribution < -0.4 is 0 Å². The van der Waals surface area contributed by atoms with Gasteiger partial charge in [-0.1, -0.05) is 24.3 Å². The predicted octanol–water partition coefficient (Wildman–Crippen LogP) is 2.24. The summed E-state index contributed by atoms with van der Waals surface area (Å²) >= 11 is 0. The average Bonchev–Trinajstić information content (AvgIpc) is 2.38. The molecule has 0 bridgehead atoms. The van der Waals surface area contributed by atoms with Crippen molar-refractivity contribution in [3.8, 4) is 0 Å². The highest BCUT2D eigenvalue weighted by Gasteiger charge is 2.30. The van der Waals surface area contributed by atoms with Gasteiger partial charge in [-0.2, -0.15) is 0 Å². The van der Waals surface area contributed by atoms with Gasteiger partial charge >= 0.3 is 11.9 Å². The number of hydrogen-bond acceptors (Lipinski definition) is 4. The van der Waals surface area contributed by atoms with Crippen molar-refractivity contribution in [2.24, 2.45) is 0 Å². The average molecular weight is 264 g/mol. The monoisotopic (exact) mass is 264 g/mol. The van der Waals surface area contributed by atoms with Gasteiger partial charge in [0.1, 0.15) is 0 Å². The molecule has 19 heavy (non-hydrogen) atoms. The van der Waals surface area contributed by atoms with Gasteiger partial charge in [0.05, 0.1) is 19.1 Å². The molecule has 0 aromatic heterocycles. The van der Waals surface area contributed by atoms with Crippen LogP contribution in [0.5, 0.6) is 0 Å². The number of rotatable bonds is 5. The van der Waals surface area contributed by atoms with E-state index in [-0.39, 0.29) is 11.9 Å². The first-order valence-corrected chi connectivity index (χ1v) is 6.19. The second-order valence-corrected chi connectivity index (χ2v) is 4.90. The molecule has 0 unspecified atom stereocenters. The quantitative estimate of drug-likeness (QED) is 0.765. The number of carbonyl (C=O) groups excluding carboxylic acids is 2. The zero-order chi connectivity index (χ0) is 14.5. The van der Waals surface area contributed by atoms with E-state index in [0.717, 1.165) is 11.1 Å². The fourth-order valence-corrected chi connectivity index (χ4v) is 1.77. The highest BCUT2D eigenvalue weighted by molar-refractivity contribution is 5.82. The topological polar surface area (TPSA) is 52.6 Å². The Bertz CT molecular complexity index is 446. The molecule has 0 amide bonds. The first-order valence-electron chi connectivity index (χ1n) is 6.19. The van der Waals surface area contributed by atoms with Crippen molar-refractivity contribution in [3.63, 3.8) is 0 Å². The zero-order valence-corrected chi connectivity index (χ0v) is 11.9. The number of ether oxygens (including phenoxy) is 2. The van der Waals surface area contributed by atoms with Crippen molar-refractivity contribution in [2.75, 3.05) is 13.7 Å². The number of carbonyl (C=O) groups is 2. The molecule has 0 aliphatic carbocycles. The van der Waals surface area contributed by atoms with E-state index < -0.39 is 5.41 Å². The maximum Gasteiger partial charge on any atom is 0.315 e. The first kappa shape index (κ1) is 15.2. The third-order valence-electron chi connectivity index (χ3n) is 3.07. The lowest BCUT2D eigenvalue weighted by Crippen LogP contribution is -2.30. The highest BCUT2D eigenvalue weighted by Crippen LogP contribution is 2.24. The molecule has 0 aliphatic rings. The van der Waals surface area contributed by atoms with Crippen LogP contribution in [-0.2, 0) is 30.9 Å². The molecule has 4 heteroatoms. The number of esters is 2. The molecule has 0 saturated heterocycles. The summed E-state index contributed by atoms with van der Waals surface area (Å²) in [6.07, 6.45) is 0.665. The predicted molar refractivity (Wildman–Crippen MR) is 71.8 cm³/mol. The van der Waals surface area contributed by atoms with E-state index in [4.69, 9.17) is 9.47 Å². The standard InChI is InChI=1S/C15H20O4/c1-11(16)19-10-9-12-5-7-13(8-6-12)15(2,3)14(17)18-4/h5-8H,9-10H2,1-4H3. The van der Waals surface area contributed by atoms with Gasteiger partial charge in [-0.15, -0.1) is 0 Å². The summed E-state index contributed by atoms with van der Waals surface area (Å²) in [5, 5.41) is 0. The van der Waals surface area contributed by atoms with Crippen molar-refractivity contribution in [2.45, 2.75) is 32.6 Å². The van der Waals surface area contributed by atoms with Crippen molar-refractivity contribution in [1.82, 2.24) is 0 Å². The van der Waals surface area contributed by atoms with E-state index in [1.807, 2.05) is 38.1 Å².